The molecule has 0 aliphatic carbocycles. The Balaban J connectivity index is 2.43. The molecule has 1 aliphatic heterocycles. The third kappa shape index (κ3) is 1.69. The summed E-state index contributed by atoms with van der Waals surface area (Å²) in [5.74, 6) is 1.09. The summed E-state index contributed by atoms with van der Waals surface area (Å²) in [6, 6.07) is 5.86. The van der Waals surface area contributed by atoms with Crippen molar-refractivity contribution in [2.75, 3.05) is 18.6 Å². The number of nitrogens with zero attached hydrogens (tertiary/aromatic N) is 1. The van der Waals surface area contributed by atoms with Gasteiger partial charge in [0, 0.05) is 19.0 Å². The van der Waals surface area contributed by atoms with E-state index >= 15 is 0 Å². The number of fused-ring (bicyclic) bond motifs is 1. The molecule has 1 amide bonds. The van der Waals surface area contributed by atoms with Crippen molar-refractivity contribution in [3.63, 3.8) is 0 Å². The summed E-state index contributed by atoms with van der Waals surface area (Å²) in [5.41, 5.74) is 2.14. The lowest BCUT2D eigenvalue weighted by Gasteiger charge is -2.27. The molecule has 0 atom stereocenters. The van der Waals surface area contributed by atoms with E-state index in [0.717, 1.165) is 23.4 Å². The summed E-state index contributed by atoms with van der Waals surface area (Å²) in [6.07, 6.45) is 1.36. The first-order chi connectivity index (χ1) is 7.24. The minimum Gasteiger partial charge on any atom is -0.494 e. The van der Waals surface area contributed by atoms with Gasteiger partial charge in [0.1, 0.15) is 5.75 Å². The zero-order chi connectivity index (χ0) is 10.8. The Kier molecular flexibility index (Phi) is 2.62. The van der Waals surface area contributed by atoms with Gasteiger partial charge in [-0.3, -0.25) is 4.79 Å². The van der Waals surface area contributed by atoms with E-state index in [-0.39, 0.29) is 5.91 Å². The topological polar surface area (TPSA) is 29.5 Å². The molecule has 1 aromatic rings. The first-order valence-electron chi connectivity index (χ1n) is 5.25. The molecule has 0 bridgehead atoms. The summed E-state index contributed by atoms with van der Waals surface area (Å²) in [4.78, 5) is 13.2. The van der Waals surface area contributed by atoms with Gasteiger partial charge in [0.05, 0.1) is 12.3 Å². The van der Waals surface area contributed by atoms with Gasteiger partial charge in [0.15, 0.2) is 0 Å². The van der Waals surface area contributed by atoms with Crippen molar-refractivity contribution >= 4 is 11.6 Å². The Morgan fingerprint density at radius 2 is 2.20 bits per heavy atom. The molecule has 0 saturated heterocycles. The molecule has 0 aromatic heterocycles. The normalized spacial score (nSPS) is 15.1. The van der Waals surface area contributed by atoms with Crippen LogP contribution in [0.5, 0.6) is 5.75 Å². The first kappa shape index (κ1) is 10.0. The minimum absolute atomic E-state index is 0.177. The third-order valence-corrected chi connectivity index (χ3v) is 2.73. The number of carbonyl (C=O) groups excluding carboxylic acids is 1. The molecule has 2 rings (SSSR count). The Hall–Kier alpha value is -1.51. The highest BCUT2D eigenvalue weighted by Crippen LogP contribution is 2.33. The van der Waals surface area contributed by atoms with Crippen LogP contribution in [-0.2, 0) is 11.2 Å². The summed E-state index contributed by atoms with van der Waals surface area (Å²) in [5, 5.41) is 0. The Bertz CT molecular complexity index is 387. The molecule has 1 aliphatic rings. The predicted molar refractivity (Wildman–Crippen MR) is 59.3 cm³/mol. The lowest BCUT2D eigenvalue weighted by Crippen LogP contribution is -2.31. The SMILES string of the molecule is CCOc1cccc2c1CCC(=O)N2C. The van der Waals surface area contributed by atoms with Crippen molar-refractivity contribution < 1.29 is 9.53 Å². The van der Waals surface area contributed by atoms with E-state index in [1.807, 2.05) is 32.2 Å². The zero-order valence-corrected chi connectivity index (χ0v) is 9.12. The monoisotopic (exact) mass is 205 g/mol. The van der Waals surface area contributed by atoms with Gasteiger partial charge in [-0.1, -0.05) is 6.07 Å². The van der Waals surface area contributed by atoms with Crippen LogP contribution in [0.15, 0.2) is 18.2 Å². The smallest absolute Gasteiger partial charge is 0.227 e. The summed E-state index contributed by atoms with van der Waals surface area (Å²) >= 11 is 0. The average molecular weight is 205 g/mol. The standard InChI is InChI=1S/C12H15NO2/c1-3-15-11-6-4-5-10-9(11)7-8-12(14)13(10)2/h4-6H,3,7-8H2,1-2H3. The van der Waals surface area contributed by atoms with Gasteiger partial charge in [-0.2, -0.15) is 0 Å². The van der Waals surface area contributed by atoms with Crippen molar-refractivity contribution in [2.24, 2.45) is 0 Å². The highest BCUT2D eigenvalue weighted by molar-refractivity contribution is 5.96. The van der Waals surface area contributed by atoms with E-state index in [0.29, 0.717) is 13.0 Å². The Morgan fingerprint density at radius 1 is 1.40 bits per heavy atom. The van der Waals surface area contributed by atoms with Crippen LogP contribution in [0.1, 0.15) is 18.9 Å². The molecular weight excluding hydrogens is 190 g/mol. The molecule has 0 fully saturated rings. The number of anilines is 1. The Labute approximate surface area is 89.7 Å². The second-order valence-electron chi connectivity index (χ2n) is 3.64. The molecule has 3 nitrogen and oxygen atoms in total. The van der Waals surface area contributed by atoms with Gasteiger partial charge in [-0.15, -0.1) is 0 Å². The van der Waals surface area contributed by atoms with E-state index in [9.17, 15) is 4.79 Å². The molecule has 3 heteroatoms. The number of rotatable bonds is 2. The fourth-order valence-corrected chi connectivity index (χ4v) is 1.94. The van der Waals surface area contributed by atoms with Gasteiger partial charge in [-0.05, 0) is 25.5 Å². The Morgan fingerprint density at radius 3 is 2.93 bits per heavy atom. The number of carbonyl (C=O) groups is 1. The van der Waals surface area contributed by atoms with E-state index in [1.54, 1.807) is 4.90 Å². The van der Waals surface area contributed by atoms with Crippen LogP contribution >= 0.6 is 0 Å². The van der Waals surface area contributed by atoms with Gasteiger partial charge in [0.25, 0.3) is 0 Å². The van der Waals surface area contributed by atoms with Crippen LogP contribution in [0, 0.1) is 0 Å². The van der Waals surface area contributed by atoms with Crippen molar-refractivity contribution in [3.05, 3.63) is 23.8 Å². The van der Waals surface area contributed by atoms with Gasteiger partial charge >= 0.3 is 0 Å². The first-order valence-corrected chi connectivity index (χ1v) is 5.25. The van der Waals surface area contributed by atoms with E-state index in [1.165, 1.54) is 0 Å². The molecule has 80 valence electrons. The molecule has 0 saturated carbocycles. The van der Waals surface area contributed by atoms with E-state index in [4.69, 9.17) is 4.74 Å². The lowest BCUT2D eigenvalue weighted by molar-refractivity contribution is -0.118. The summed E-state index contributed by atoms with van der Waals surface area (Å²) in [7, 11) is 1.82. The average Bonchev–Trinajstić information content (AvgIpc) is 2.25. The van der Waals surface area contributed by atoms with Crippen LogP contribution in [0.4, 0.5) is 5.69 Å². The van der Waals surface area contributed by atoms with Crippen LogP contribution in [0.2, 0.25) is 0 Å². The van der Waals surface area contributed by atoms with E-state index < -0.39 is 0 Å². The quantitative estimate of drug-likeness (QED) is 0.739. The second-order valence-corrected chi connectivity index (χ2v) is 3.64. The maximum Gasteiger partial charge on any atom is 0.227 e. The fourth-order valence-electron chi connectivity index (χ4n) is 1.94. The third-order valence-electron chi connectivity index (χ3n) is 2.73. The highest BCUT2D eigenvalue weighted by atomic mass is 16.5. The van der Waals surface area contributed by atoms with Crippen LogP contribution < -0.4 is 9.64 Å². The highest BCUT2D eigenvalue weighted by Gasteiger charge is 2.23. The molecule has 0 N–H and O–H groups in total. The second kappa shape index (κ2) is 3.93. The minimum atomic E-state index is 0.177. The molecule has 1 aromatic carbocycles. The number of benzene rings is 1. The zero-order valence-electron chi connectivity index (χ0n) is 9.12. The van der Waals surface area contributed by atoms with Gasteiger partial charge in [0.2, 0.25) is 5.91 Å². The van der Waals surface area contributed by atoms with Gasteiger partial charge in [-0.25, -0.2) is 0 Å². The largest absolute Gasteiger partial charge is 0.494 e. The number of hydrogen-bond donors (Lipinski definition) is 0. The number of ether oxygens (including phenoxy) is 1. The predicted octanol–water partition coefficient (Wildman–Crippen LogP) is 1.99. The molecule has 0 unspecified atom stereocenters. The molecule has 1 heterocycles. The lowest BCUT2D eigenvalue weighted by atomic mass is 10.0. The molecular formula is C12H15NO2. The fraction of sp³-hybridized carbons (Fsp3) is 0.417. The molecule has 15 heavy (non-hydrogen) atoms. The molecule has 0 spiro atoms. The summed E-state index contributed by atoms with van der Waals surface area (Å²) < 4.78 is 5.55. The van der Waals surface area contributed by atoms with E-state index in [2.05, 4.69) is 0 Å². The van der Waals surface area contributed by atoms with Crippen molar-refractivity contribution in [1.82, 2.24) is 0 Å². The number of amides is 1. The van der Waals surface area contributed by atoms with Crippen molar-refractivity contribution in [3.8, 4) is 5.75 Å². The van der Waals surface area contributed by atoms with Crippen LogP contribution in [-0.4, -0.2) is 19.6 Å². The number of hydrogen-bond acceptors (Lipinski definition) is 2. The maximum absolute atomic E-state index is 11.5. The molecule has 0 radical (unpaired) electrons. The van der Waals surface area contributed by atoms with Crippen molar-refractivity contribution in [1.29, 1.82) is 0 Å². The van der Waals surface area contributed by atoms with Crippen molar-refractivity contribution in [2.45, 2.75) is 19.8 Å². The van der Waals surface area contributed by atoms with Gasteiger partial charge < -0.3 is 9.64 Å². The maximum atomic E-state index is 11.5. The van der Waals surface area contributed by atoms with Crippen LogP contribution in [0.25, 0.3) is 0 Å². The van der Waals surface area contributed by atoms with Crippen LogP contribution in [0.3, 0.4) is 0 Å². The summed E-state index contributed by atoms with van der Waals surface area (Å²) in [6.45, 7) is 2.63.